The van der Waals surface area contributed by atoms with Crippen LogP contribution in [0.5, 0.6) is 17.2 Å². The van der Waals surface area contributed by atoms with Gasteiger partial charge in [-0.1, -0.05) is 36.4 Å². The van der Waals surface area contributed by atoms with E-state index in [4.69, 9.17) is 18.6 Å². The van der Waals surface area contributed by atoms with Crippen LogP contribution in [0.1, 0.15) is 18.1 Å². The molecule has 242 valence electrons. The van der Waals surface area contributed by atoms with E-state index in [0.29, 0.717) is 33.3 Å². The molecule has 2 heterocycles. The van der Waals surface area contributed by atoms with Crippen molar-refractivity contribution in [2.75, 3.05) is 25.6 Å². The number of hydrogen-bond donors (Lipinski definition) is 1. The third-order valence-electron chi connectivity index (χ3n) is 7.36. The number of nitro groups is 1. The highest BCUT2D eigenvalue weighted by molar-refractivity contribution is 5.93. The monoisotopic (exact) mass is 647 g/mol. The van der Waals surface area contributed by atoms with Gasteiger partial charge in [0, 0.05) is 17.3 Å². The second-order valence-electron chi connectivity index (χ2n) is 10.5. The minimum atomic E-state index is -0.647. The average Bonchev–Trinajstić information content (AvgIpc) is 3.53. The molecule has 0 bridgehead atoms. The summed E-state index contributed by atoms with van der Waals surface area (Å²) in [5.74, 6) is 0.221. The van der Waals surface area contributed by atoms with Crippen molar-refractivity contribution in [3.63, 3.8) is 0 Å². The van der Waals surface area contributed by atoms with E-state index >= 15 is 0 Å². The molecule has 0 saturated heterocycles. The van der Waals surface area contributed by atoms with Crippen molar-refractivity contribution in [2.45, 2.75) is 13.8 Å². The third kappa shape index (κ3) is 6.29. The van der Waals surface area contributed by atoms with Crippen LogP contribution >= 0.6 is 0 Å². The standard InChI is InChI=1S/C35H29N5O8/c1-4-46-30-17-22(16-27(40(43)44)33(30)47-20-32(41)37-25-12-7-5-10-21(25)2)19-36-39-34(38-26-13-8-6-11-23(26)35(39)42)31-18-24-28(45-3)14-9-15-29(24)48-31/h5-19H,4,20H2,1-3H3,(H,37,41). The van der Waals surface area contributed by atoms with Crippen LogP contribution in [0.4, 0.5) is 11.4 Å². The number of methoxy groups -OCH3 is 1. The number of carbonyl (C=O) groups excluding carboxylic acids is 1. The fraction of sp³-hybridized carbons (Fsp3) is 0.143. The van der Waals surface area contributed by atoms with E-state index in [0.717, 1.165) is 10.2 Å². The minimum absolute atomic E-state index is 0.0189. The number of para-hydroxylation sites is 2. The van der Waals surface area contributed by atoms with E-state index in [2.05, 4.69) is 15.4 Å². The fourth-order valence-corrected chi connectivity index (χ4v) is 5.10. The summed E-state index contributed by atoms with van der Waals surface area (Å²) in [7, 11) is 1.54. The highest BCUT2D eigenvalue weighted by Gasteiger charge is 2.24. The van der Waals surface area contributed by atoms with Crippen LogP contribution in [0.25, 0.3) is 33.5 Å². The Hall–Kier alpha value is -6.50. The summed E-state index contributed by atoms with van der Waals surface area (Å²) in [6.45, 7) is 3.19. The molecule has 0 saturated carbocycles. The van der Waals surface area contributed by atoms with Gasteiger partial charge in [0.1, 0.15) is 11.3 Å². The first-order valence-corrected chi connectivity index (χ1v) is 14.8. The molecule has 4 aromatic carbocycles. The molecule has 0 unspecified atom stereocenters. The molecule has 1 amide bonds. The molecule has 2 aromatic heterocycles. The van der Waals surface area contributed by atoms with Gasteiger partial charge in [0.2, 0.25) is 11.6 Å². The number of aryl methyl sites for hydroxylation is 1. The van der Waals surface area contributed by atoms with Crippen molar-refractivity contribution in [1.29, 1.82) is 0 Å². The molecular formula is C35H29N5O8. The van der Waals surface area contributed by atoms with Crippen molar-refractivity contribution < 1.29 is 28.3 Å². The van der Waals surface area contributed by atoms with E-state index in [1.54, 1.807) is 74.7 Å². The topological polar surface area (TPSA) is 160 Å². The van der Waals surface area contributed by atoms with Gasteiger partial charge in [0.25, 0.3) is 11.5 Å². The summed E-state index contributed by atoms with van der Waals surface area (Å²) >= 11 is 0. The van der Waals surface area contributed by atoms with E-state index in [9.17, 15) is 19.7 Å². The number of nitrogens with one attached hydrogen (secondary N) is 1. The summed E-state index contributed by atoms with van der Waals surface area (Å²) in [5, 5.41) is 20.3. The van der Waals surface area contributed by atoms with Gasteiger partial charge in [0.05, 0.1) is 41.1 Å². The maximum atomic E-state index is 13.7. The van der Waals surface area contributed by atoms with Gasteiger partial charge in [0.15, 0.2) is 18.1 Å². The second kappa shape index (κ2) is 13.5. The van der Waals surface area contributed by atoms with Crippen LogP contribution in [-0.2, 0) is 4.79 Å². The Morgan fingerprint density at radius 2 is 1.81 bits per heavy atom. The molecule has 0 atom stereocenters. The molecule has 13 nitrogen and oxygen atoms in total. The Balaban J connectivity index is 1.39. The molecule has 0 aliphatic heterocycles. The lowest BCUT2D eigenvalue weighted by Gasteiger charge is -2.14. The number of furan rings is 1. The third-order valence-corrected chi connectivity index (χ3v) is 7.36. The van der Waals surface area contributed by atoms with Crippen LogP contribution in [0, 0.1) is 17.0 Å². The Morgan fingerprint density at radius 3 is 2.58 bits per heavy atom. The predicted octanol–water partition coefficient (Wildman–Crippen LogP) is 6.33. The number of nitro benzene ring substituents is 1. The summed E-state index contributed by atoms with van der Waals surface area (Å²) < 4.78 is 23.9. The zero-order valence-corrected chi connectivity index (χ0v) is 26.1. The number of amides is 1. The Bertz CT molecular complexity index is 2270. The summed E-state index contributed by atoms with van der Waals surface area (Å²) in [4.78, 5) is 42.6. The maximum Gasteiger partial charge on any atom is 0.315 e. The number of benzene rings is 4. The number of nitrogens with zero attached hydrogens (tertiary/aromatic N) is 4. The Labute approximate surface area is 273 Å². The van der Waals surface area contributed by atoms with Gasteiger partial charge < -0.3 is 23.9 Å². The van der Waals surface area contributed by atoms with Crippen LogP contribution in [0.15, 0.2) is 99.2 Å². The highest BCUT2D eigenvalue weighted by Crippen LogP contribution is 2.38. The first-order chi connectivity index (χ1) is 23.3. The van der Waals surface area contributed by atoms with E-state index in [-0.39, 0.29) is 35.3 Å². The Kier molecular flexibility index (Phi) is 8.83. The average molecular weight is 648 g/mol. The van der Waals surface area contributed by atoms with E-state index in [1.165, 1.54) is 18.3 Å². The lowest BCUT2D eigenvalue weighted by Crippen LogP contribution is -2.21. The maximum absolute atomic E-state index is 13.7. The van der Waals surface area contributed by atoms with Crippen LogP contribution in [0.3, 0.4) is 0 Å². The number of aromatic nitrogens is 2. The smallest absolute Gasteiger partial charge is 0.315 e. The molecule has 6 aromatic rings. The van der Waals surface area contributed by atoms with Crippen LogP contribution in [-0.4, -0.2) is 47.0 Å². The van der Waals surface area contributed by atoms with Crippen molar-refractivity contribution in [2.24, 2.45) is 5.10 Å². The summed E-state index contributed by atoms with van der Waals surface area (Å²) in [5.41, 5.74) is 1.66. The fourth-order valence-electron chi connectivity index (χ4n) is 5.10. The SMILES string of the molecule is CCOc1cc(C=Nn2c(-c3cc4c(OC)cccc4o3)nc3ccccc3c2=O)cc([N+](=O)[O-])c1OCC(=O)Nc1ccccc1C. The summed E-state index contributed by atoms with van der Waals surface area (Å²) in [6, 6.07) is 23.7. The van der Waals surface area contributed by atoms with Crippen molar-refractivity contribution in [3.05, 3.63) is 117 Å². The summed E-state index contributed by atoms with van der Waals surface area (Å²) in [6.07, 6.45) is 1.27. The number of anilines is 1. The highest BCUT2D eigenvalue weighted by atomic mass is 16.6. The minimum Gasteiger partial charge on any atom is -0.496 e. The lowest BCUT2D eigenvalue weighted by molar-refractivity contribution is -0.385. The first kappa shape index (κ1) is 31.5. The van der Waals surface area contributed by atoms with Crippen LogP contribution in [0.2, 0.25) is 0 Å². The molecule has 48 heavy (non-hydrogen) atoms. The predicted molar refractivity (Wildman–Crippen MR) is 180 cm³/mol. The molecule has 0 spiro atoms. The second-order valence-corrected chi connectivity index (χ2v) is 10.5. The largest absolute Gasteiger partial charge is 0.496 e. The van der Waals surface area contributed by atoms with Crippen molar-refractivity contribution >= 4 is 45.4 Å². The van der Waals surface area contributed by atoms with Crippen molar-refractivity contribution in [3.8, 4) is 28.8 Å². The van der Waals surface area contributed by atoms with Gasteiger partial charge in [-0.05, 0) is 61.9 Å². The normalized spacial score (nSPS) is 11.2. The number of fused-ring (bicyclic) bond motifs is 2. The van der Waals surface area contributed by atoms with E-state index in [1.807, 2.05) is 19.1 Å². The first-order valence-electron chi connectivity index (χ1n) is 14.8. The number of hydrogen-bond acceptors (Lipinski definition) is 10. The van der Waals surface area contributed by atoms with Gasteiger partial charge >= 0.3 is 5.69 Å². The van der Waals surface area contributed by atoms with Gasteiger partial charge in [-0.2, -0.15) is 9.78 Å². The molecule has 0 fully saturated rings. The number of carbonyl (C=O) groups is 1. The number of rotatable bonds is 11. The van der Waals surface area contributed by atoms with Crippen LogP contribution < -0.4 is 25.1 Å². The lowest BCUT2D eigenvalue weighted by atomic mass is 10.2. The molecule has 6 rings (SSSR count). The van der Waals surface area contributed by atoms with Gasteiger partial charge in [-0.15, -0.1) is 0 Å². The zero-order chi connectivity index (χ0) is 33.8. The molecule has 0 aliphatic rings. The molecule has 0 radical (unpaired) electrons. The van der Waals surface area contributed by atoms with Gasteiger partial charge in [-0.25, -0.2) is 4.98 Å². The van der Waals surface area contributed by atoms with Crippen molar-refractivity contribution in [1.82, 2.24) is 9.66 Å². The molecule has 0 aliphatic carbocycles. The van der Waals surface area contributed by atoms with Gasteiger partial charge in [-0.3, -0.25) is 19.7 Å². The zero-order valence-electron chi connectivity index (χ0n) is 26.1. The quantitative estimate of drug-likeness (QED) is 0.0962. The molecular weight excluding hydrogens is 618 g/mol. The molecule has 13 heteroatoms. The Morgan fingerprint density at radius 1 is 1.02 bits per heavy atom. The molecule has 1 N–H and O–H groups in total. The number of ether oxygens (including phenoxy) is 3. The van der Waals surface area contributed by atoms with E-state index < -0.39 is 28.7 Å².